The Hall–Kier alpha value is -2.57. The normalized spacial score (nSPS) is 16.1. The molecule has 108 valence electrons. The SMILES string of the molecule is O=C1CCC(c2nc(-c3cccc([N+](=O)[O-])c3)no2)CC1. The smallest absolute Gasteiger partial charge is 0.270 e. The number of hydrogen-bond donors (Lipinski definition) is 0. The summed E-state index contributed by atoms with van der Waals surface area (Å²) < 4.78 is 5.25. The van der Waals surface area contributed by atoms with Gasteiger partial charge < -0.3 is 4.52 Å². The van der Waals surface area contributed by atoms with E-state index in [0.717, 1.165) is 12.8 Å². The minimum Gasteiger partial charge on any atom is -0.339 e. The summed E-state index contributed by atoms with van der Waals surface area (Å²) in [6, 6.07) is 6.12. The first-order valence-electron chi connectivity index (χ1n) is 6.73. The van der Waals surface area contributed by atoms with Gasteiger partial charge in [-0.25, -0.2) is 0 Å². The van der Waals surface area contributed by atoms with Gasteiger partial charge in [0.1, 0.15) is 5.78 Å². The van der Waals surface area contributed by atoms with E-state index in [1.165, 1.54) is 12.1 Å². The molecule has 2 aromatic rings. The molecule has 1 heterocycles. The third-order valence-electron chi connectivity index (χ3n) is 3.65. The summed E-state index contributed by atoms with van der Waals surface area (Å²) in [6.45, 7) is 0. The highest BCUT2D eigenvalue weighted by atomic mass is 16.6. The fourth-order valence-corrected chi connectivity index (χ4v) is 2.46. The van der Waals surface area contributed by atoms with Crippen molar-refractivity contribution >= 4 is 11.5 Å². The molecule has 3 rings (SSSR count). The van der Waals surface area contributed by atoms with Gasteiger partial charge in [0.05, 0.1) is 4.92 Å². The van der Waals surface area contributed by atoms with Crippen molar-refractivity contribution in [3.63, 3.8) is 0 Å². The fourth-order valence-electron chi connectivity index (χ4n) is 2.46. The second kappa shape index (κ2) is 5.43. The molecule has 0 atom stereocenters. The Morgan fingerprint density at radius 2 is 2.05 bits per heavy atom. The lowest BCUT2D eigenvalue weighted by Crippen LogP contribution is -2.12. The largest absolute Gasteiger partial charge is 0.339 e. The number of rotatable bonds is 3. The molecule has 0 unspecified atom stereocenters. The van der Waals surface area contributed by atoms with Crippen molar-refractivity contribution in [1.29, 1.82) is 0 Å². The van der Waals surface area contributed by atoms with Gasteiger partial charge in [-0.15, -0.1) is 0 Å². The summed E-state index contributed by atoms with van der Waals surface area (Å²) >= 11 is 0. The van der Waals surface area contributed by atoms with Crippen LogP contribution in [0.2, 0.25) is 0 Å². The van der Waals surface area contributed by atoms with E-state index < -0.39 is 4.92 Å². The summed E-state index contributed by atoms with van der Waals surface area (Å²) in [5.41, 5.74) is 0.535. The lowest BCUT2D eigenvalue weighted by Gasteiger charge is -2.16. The van der Waals surface area contributed by atoms with Crippen molar-refractivity contribution < 1.29 is 14.2 Å². The first-order chi connectivity index (χ1) is 10.1. The molecule has 0 spiro atoms. The molecule has 1 aromatic carbocycles. The Morgan fingerprint density at radius 1 is 1.29 bits per heavy atom. The summed E-state index contributed by atoms with van der Waals surface area (Å²) in [5, 5.41) is 14.7. The highest BCUT2D eigenvalue weighted by Gasteiger charge is 2.25. The van der Waals surface area contributed by atoms with Gasteiger partial charge in [-0.1, -0.05) is 17.3 Å². The number of nitro groups is 1. The van der Waals surface area contributed by atoms with Gasteiger partial charge >= 0.3 is 0 Å². The van der Waals surface area contributed by atoms with Crippen LogP contribution in [0.5, 0.6) is 0 Å². The molecule has 21 heavy (non-hydrogen) atoms. The highest BCUT2D eigenvalue weighted by Crippen LogP contribution is 2.31. The summed E-state index contributed by atoms with van der Waals surface area (Å²) in [5.74, 6) is 1.21. The molecule has 0 saturated heterocycles. The summed E-state index contributed by atoms with van der Waals surface area (Å²) in [4.78, 5) is 25.9. The van der Waals surface area contributed by atoms with E-state index in [4.69, 9.17) is 4.52 Å². The van der Waals surface area contributed by atoms with Crippen LogP contribution in [0.4, 0.5) is 5.69 Å². The molecule has 1 aliphatic carbocycles. The molecule has 0 bridgehead atoms. The highest BCUT2D eigenvalue weighted by molar-refractivity contribution is 5.79. The van der Waals surface area contributed by atoms with Crippen LogP contribution in [0.3, 0.4) is 0 Å². The maximum Gasteiger partial charge on any atom is 0.270 e. The van der Waals surface area contributed by atoms with Crippen LogP contribution < -0.4 is 0 Å². The van der Waals surface area contributed by atoms with Crippen LogP contribution in [0.15, 0.2) is 28.8 Å². The van der Waals surface area contributed by atoms with Gasteiger partial charge in [-0.3, -0.25) is 14.9 Å². The van der Waals surface area contributed by atoms with E-state index in [1.807, 2.05) is 0 Å². The Bertz CT molecular complexity index is 685. The van der Waals surface area contributed by atoms with Gasteiger partial charge in [0.25, 0.3) is 5.69 Å². The summed E-state index contributed by atoms with van der Waals surface area (Å²) in [7, 11) is 0. The van der Waals surface area contributed by atoms with Gasteiger partial charge in [-0.05, 0) is 12.8 Å². The Labute approximate surface area is 120 Å². The van der Waals surface area contributed by atoms with Crippen molar-refractivity contribution in [3.05, 3.63) is 40.3 Å². The van der Waals surface area contributed by atoms with Gasteiger partial charge in [-0.2, -0.15) is 4.98 Å². The van der Waals surface area contributed by atoms with Gasteiger partial charge in [0.2, 0.25) is 11.7 Å². The Balaban J connectivity index is 1.83. The number of Topliss-reactive ketones (excluding diaryl/α,β-unsaturated/α-hetero) is 1. The molecule has 0 amide bonds. The van der Waals surface area contributed by atoms with E-state index in [9.17, 15) is 14.9 Å². The van der Waals surface area contributed by atoms with Crippen LogP contribution >= 0.6 is 0 Å². The van der Waals surface area contributed by atoms with E-state index in [2.05, 4.69) is 10.1 Å². The average molecular weight is 287 g/mol. The number of ketones is 1. The predicted molar refractivity (Wildman–Crippen MR) is 72.6 cm³/mol. The van der Waals surface area contributed by atoms with Gasteiger partial charge in [0.15, 0.2) is 0 Å². The van der Waals surface area contributed by atoms with Crippen molar-refractivity contribution in [2.45, 2.75) is 31.6 Å². The quantitative estimate of drug-likeness (QED) is 0.635. The molecule has 1 saturated carbocycles. The lowest BCUT2D eigenvalue weighted by molar-refractivity contribution is -0.384. The van der Waals surface area contributed by atoms with Crippen LogP contribution in [0.25, 0.3) is 11.4 Å². The van der Waals surface area contributed by atoms with E-state index in [1.54, 1.807) is 12.1 Å². The van der Waals surface area contributed by atoms with Crippen molar-refractivity contribution in [1.82, 2.24) is 10.1 Å². The zero-order chi connectivity index (χ0) is 14.8. The second-order valence-electron chi connectivity index (χ2n) is 5.08. The second-order valence-corrected chi connectivity index (χ2v) is 5.08. The maximum atomic E-state index is 11.2. The van der Waals surface area contributed by atoms with Crippen LogP contribution in [-0.4, -0.2) is 20.8 Å². The molecule has 0 radical (unpaired) electrons. The van der Waals surface area contributed by atoms with Crippen LogP contribution in [0.1, 0.15) is 37.5 Å². The molecule has 0 N–H and O–H groups in total. The maximum absolute atomic E-state index is 11.2. The molecule has 0 aliphatic heterocycles. The number of hydrogen-bond acceptors (Lipinski definition) is 6. The lowest BCUT2D eigenvalue weighted by atomic mass is 9.88. The van der Waals surface area contributed by atoms with E-state index in [0.29, 0.717) is 30.1 Å². The predicted octanol–water partition coefficient (Wildman–Crippen LogP) is 2.87. The Kier molecular flexibility index (Phi) is 3.47. The van der Waals surface area contributed by atoms with Crippen LogP contribution in [0, 0.1) is 10.1 Å². The van der Waals surface area contributed by atoms with Crippen molar-refractivity contribution in [3.8, 4) is 11.4 Å². The third-order valence-corrected chi connectivity index (χ3v) is 3.65. The van der Waals surface area contributed by atoms with Crippen molar-refractivity contribution in [2.75, 3.05) is 0 Å². The third kappa shape index (κ3) is 2.81. The fraction of sp³-hybridized carbons (Fsp3) is 0.357. The number of nitrogens with zero attached hydrogens (tertiary/aromatic N) is 3. The van der Waals surface area contributed by atoms with E-state index >= 15 is 0 Å². The number of carbonyl (C=O) groups excluding carboxylic acids is 1. The molecule has 7 heteroatoms. The number of benzene rings is 1. The monoisotopic (exact) mass is 287 g/mol. The summed E-state index contributed by atoms with van der Waals surface area (Å²) in [6.07, 6.45) is 2.52. The topological polar surface area (TPSA) is 99.1 Å². The van der Waals surface area contributed by atoms with Gasteiger partial charge in [0, 0.05) is 36.5 Å². The molecule has 1 aliphatic rings. The standard InChI is InChI=1S/C14H13N3O4/c18-12-6-4-9(5-7-12)14-15-13(16-21-14)10-2-1-3-11(8-10)17(19)20/h1-3,8-9H,4-7H2. The average Bonchev–Trinajstić information content (AvgIpc) is 2.98. The molecule has 1 aromatic heterocycles. The Morgan fingerprint density at radius 3 is 2.76 bits per heavy atom. The number of non-ortho nitro benzene ring substituents is 1. The zero-order valence-electron chi connectivity index (χ0n) is 11.2. The minimum absolute atomic E-state index is 0.0119. The molecular formula is C14H13N3O4. The van der Waals surface area contributed by atoms with E-state index in [-0.39, 0.29) is 17.4 Å². The first-order valence-corrected chi connectivity index (χ1v) is 6.73. The first kappa shape index (κ1) is 13.4. The van der Waals surface area contributed by atoms with Crippen molar-refractivity contribution in [2.24, 2.45) is 0 Å². The zero-order valence-corrected chi connectivity index (χ0v) is 11.2. The molecular weight excluding hydrogens is 274 g/mol. The minimum atomic E-state index is -0.461. The number of nitro benzene ring substituents is 1. The molecule has 1 fully saturated rings. The number of carbonyl (C=O) groups is 1. The number of aromatic nitrogens is 2. The molecule has 7 nitrogen and oxygen atoms in total. The van der Waals surface area contributed by atoms with Crippen LogP contribution in [-0.2, 0) is 4.79 Å².